The van der Waals surface area contributed by atoms with Crippen LogP contribution in [0.25, 0.3) is 0 Å². The predicted octanol–water partition coefficient (Wildman–Crippen LogP) is 3.59. The number of rotatable bonds is 0. The maximum absolute atomic E-state index is 3.47. The first kappa shape index (κ1) is 10.6. The van der Waals surface area contributed by atoms with Gasteiger partial charge in [-0.25, -0.2) is 0 Å². The Morgan fingerprint density at radius 3 is 2.93 bits per heavy atom. The average Bonchev–Trinajstić information content (AvgIpc) is 2.25. The van der Waals surface area contributed by atoms with Crippen molar-refractivity contribution in [2.75, 3.05) is 27.8 Å². The third-order valence-electron chi connectivity index (χ3n) is 1.92. The maximum atomic E-state index is 3.47. The number of anilines is 1. The Morgan fingerprint density at radius 1 is 1.07 bits per heavy atom. The number of thioether (sulfide) groups is 3. The number of fused-ring (bicyclic) bond motifs is 1. The van der Waals surface area contributed by atoms with Crippen molar-refractivity contribution >= 4 is 41.0 Å². The number of hydrogen-bond acceptors (Lipinski definition) is 4. The molecule has 1 aliphatic rings. The normalized spacial score (nSPS) is 18.0. The first-order chi connectivity index (χ1) is 6.97. The fourth-order valence-electron chi connectivity index (χ4n) is 1.22. The van der Waals surface area contributed by atoms with Crippen LogP contribution in [0.4, 0.5) is 5.69 Å². The number of para-hydroxylation sites is 1. The van der Waals surface area contributed by atoms with Crippen molar-refractivity contribution in [3.05, 3.63) is 24.3 Å². The van der Waals surface area contributed by atoms with Gasteiger partial charge in [0.25, 0.3) is 0 Å². The largest absolute Gasteiger partial charge is 0.375 e. The second-order valence-corrected chi connectivity index (χ2v) is 6.49. The van der Waals surface area contributed by atoms with E-state index in [1.54, 1.807) is 0 Å². The fraction of sp³-hybridized carbons (Fsp3) is 0.400. The van der Waals surface area contributed by atoms with Crippen molar-refractivity contribution in [3.8, 4) is 0 Å². The van der Waals surface area contributed by atoms with Crippen LogP contribution < -0.4 is 5.32 Å². The molecule has 1 N–H and O–H groups in total. The smallest absolute Gasteiger partial charge is 0.0611 e. The summed E-state index contributed by atoms with van der Waals surface area (Å²) in [5.74, 6) is 3.54. The lowest BCUT2D eigenvalue weighted by Gasteiger charge is -2.13. The lowest BCUT2D eigenvalue weighted by molar-refractivity contribution is 1.35. The fourth-order valence-corrected chi connectivity index (χ4v) is 4.35. The molecule has 0 bridgehead atoms. The third kappa shape index (κ3) is 3.04. The summed E-state index contributed by atoms with van der Waals surface area (Å²) in [7, 11) is 0. The highest BCUT2D eigenvalue weighted by molar-refractivity contribution is 8.16. The van der Waals surface area contributed by atoms with Gasteiger partial charge >= 0.3 is 0 Å². The highest BCUT2D eigenvalue weighted by Gasteiger charge is 2.03. The Kier molecular flexibility index (Phi) is 4.41. The quantitative estimate of drug-likeness (QED) is 0.747. The summed E-state index contributed by atoms with van der Waals surface area (Å²) in [6.45, 7) is 0. The molecule has 4 heteroatoms. The molecule has 1 aliphatic heterocycles. The molecule has 1 nitrogen and oxygen atoms in total. The molecule has 0 fully saturated rings. The minimum absolute atomic E-state index is 1.03. The maximum Gasteiger partial charge on any atom is 0.0611 e. The number of nitrogens with one attached hydrogen (secondary N) is 1. The van der Waals surface area contributed by atoms with E-state index in [9.17, 15) is 0 Å². The van der Waals surface area contributed by atoms with Gasteiger partial charge in [-0.3, -0.25) is 0 Å². The van der Waals surface area contributed by atoms with Gasteiger partial charge in [0.2, 0.25) is 0 Å². The van der Waals surface area contributed by atoms with Gasteiger partial charge in [-0.05, 0) is 12.1 Å². The summed E-state index contributed by atoms with van der Waals surface area (Å²) in [6, 6.07) is 8.56. The Bertz CT molecular complexity index is 261. The minimum Gasteiger partial charge on any atom is -0.375 e. The predicted molar refractivity (Wildman–Crippen MR) is 70.6 cm³/mol. The standard InChI is InChI=1S/C10H13NS3/c1-2-4-10-9(3-1)11-7-12-5-6-13-8-14-10/h1-4,11H,5-8H2. The zero-order valence-corrected chi connectivity index (χ0v) is 10.3. The van der Waals surface area contributed by atoms with Gasteiger partial charge in [0.1, 0.15) is 0 Å². The molecule has 0 unspecified atom stereocenters. The Morgan fingerprint density at radius 2 is 1.93 bits per heavy atom. The first-order valence-corrected chi connectivity index (χ1v) is 7.87. The van der Waals surface area contributed by atoms with Crippen LogP contribution in [0.5, 0.6) is 0 Å². The minimum atomic E-state index is 1.03. The third-order valence-corrected chi connectivity index (χ3v) is 5.32. The first-order valence-electron chi connectivity index (χ1n) is 4.58. The number of benzene rings is 1. The molecule has 76 valence electrons. The lowest BCUT2D eigenvalue weighted by Crippen LogP contribution is -2.01. The van der Waals surface area contributed by atoms with E-state index in [1.165, 1.54) is 27.2 Å². The molecule has 0 saturated heterocycles. The summed E-state index contributed by atoms with van der Waals surface area (Å²) >= 11 is 5.94. The van der Waals surface area contributed by atoms with Gasteiger partial charge in [-0.2, -0.15) is 0 Å². The SMILES string of the molecule is c1ccc2c(c1)NCSCCSCS2. The van der Waals surface area contributed by atoms with Gasteiger partial charge in [0.05, 0.1) is 5.88 Å². The van der Waals surface area contributed by atoms with Crippen LogP contribution in [-0.2, 0) is 0 Å². The molecule has 0 aromatic heterocycles. The van der Waals surface area contributed by atoms with Crippen molar-refractivity contribution in [1.82, 2.24) is 0 Å². The van der Waals surface area contributed by atoms with Crippen LogP contribution in [0.2, 0.25) is 0 Å². The Balaban J connectivity index is 2.10. The summed E-state index contributed by atoms with van der Waals surface area (Å²) in [5.41, 5.74) is 1.28. The van der Waals surface area contributed by atoms with Crippen LogP contribution >= 0.6 is 35.3 Å². The van der Waals surface area contributed by atoms with E-state index in [-0.39, 0.29) is 0 Å². The average molecular weight is 243 g/mol. The summed E-state index contributed by atoms with van der Waals surface area (Å²) in [5, 5.41) is 4.63. The van der Waals surface area contributed by atoms with Gasteiger partial charge < -0.3 is 5.32 Å². The van der Waals surface area contributed by atoms with Crippen molar-refractivity contribution in [1.29, 1.82) is 0 Å². The monoisotopic (exact) mass is 243 g/mol. The molecule has 0 saturated carbocycles. The highest BCUT2D eigenvalue weighted by Crippen LogP contribution is 2.31. The van der Waals surface area contributed by atoms with Crippen molar-refractivity contribution in [2.45, 2.75) is 4.90 Å². The van der Waals surface area contributed by atoms with E-state index in [0.717, 1.165) is 5.88 Å². The Labute approximate surface area is 97.8 Å². The molecular formula is C10H13NS3. The molecule has 0 radical (unpaired) electrons. The Hall–Kier alpha value is 0.0700. The molecule has 0 atom stereocenters. The molecule has 1 aromatic carbocycles. The molecule has 2 rings (SSSR count). The van der Waals surface area contributed by atoms with Gasteiger partial charge in [-0.1, -0.05) is 12.1 Å². The van der Waals surface area contributed by atoms with E-state index in [2.05, 4.69) is 29.6 Å². The highest BCUT2D eigenvalue weighted by atomic mass is 32.2. The second kappa shape index (κ2) is 5.83. The van der Waals surface area contributed by atoms with E-state index >= 15 is 0 Å². The van der Waals surface area contributed by atoms with Crippen LogP contribution in [0.1, 0.15) is 0 Å². The lowest BCUT2D eigenvalue weighted by atomic mass is 10.3. The van der Waals surface area contributed by atoms with E-state index < -0.39 is 0 Å². The van der Waals surface area contributed by atoms with Crippen molar-refractivity contribution in [2.24, 2.45) is 0 Å². The molecule has 1 heterocycles. The van der Waals surface area contributed by atoms with Crippen LogP contribution in [0, 0.1) is 0 Å². The summed E-state index contributed by atoms with van der Waals surface area (Å²) in [6.07, 6.45) is 0. The molecule has 1 aromatic rings. The molecular weight excluding hydrogens is 230 g/mol. The summed E-state index contributed by atoms with van der Waals surface area (Å²) in [4.78, 5) is 1.38. The van der Waals surface area contributed by atoms with E-state index in [0.29, 0.717) is 0 Å². The molecule has 0 aliphatic carbocycles. The van der Waals surface area contributed by atoms with Gasteiger partial charge in [0, 0.05) is 27.2 Å². The molecule has 0 amide bonds. The molecule has 14 heavy (non-hydrogen) atoms. The van der Waals surface area contributed by atoms with Crippen molar-refractivity contribution < 1.29 is 0 Å². The van der Waals surface area contributed by atoms with Crippen LogP contribution in [0.3, 0.4) is 0 Å². The van der Waals surface area contributed by atoms with Gasteiger partial charge in [-0.15, -0.1) is 35.3 Å². The topological polar surface area (TPSA) is 12.0 Å². The van der Waals surface area contributed by atoms with E-state index in [1.807, 2.05) is 35.3 Å². The number of hydrogen-bond donors (Lipinski definition) is 1. The van der Waals surface area contributed by atoms with Crippen molar-refractivity contribution in [3.63, 3.8) is 0 Å². The van der Waals surface area contributed by atoms with Crippen LogP contribution in [-0.4, -0.2) is 22.5 Å². The summed E-state index contributed by atoms with van der Waals surface area (Å²) < 4.78 is 0. The van der Waals surface area contributed by atoms with Crippen LogP contribution in [0.15, 0.2) is 29.2 Å². The molecule has 0 spiro atoms. The zero-order valence-electron chi connectivity index (χ0n) is 7.86. The zero-order chi connectivity index (χ0) is 9.64. The van der Waals surface area contributed by atoms with E-state index in [4.69, 9.17) is 0 Å². The second-order valence-electron chi connectivity index (χ2n) is 2.90. The van der Waals surface area contributed by atoms with Gasteiger partial charge in [0.15, 0.2) is 0 Å².